The van der Waals surface area contributed by atoms with Gasteiger partial charge in [0.1, 0.15) is 0 Å². The number of carbonyl (C=O) groups is 2. The molecule has 25 heavy (non-hydrogen) atoms. The summed E-state index contributed by atoms with van der Waals surface area (Å²) < 4.78 is 0. The van der Waals surface area contributed by atoms with Gasteiger partial charge in [-0.1, -0.05) is 18.2 Å². The van der Waals surface area contributed by atoms with Gasteiger partial charge in [0.2, 0.25) is 11.8 Å². The Morgan fingerprint density at radius 2 is 1.88 bits per heavy atom. The van der Waals surface area contributed by atoms with Gasteiger partial charge >= 0.3 is 0 Å². The summed E-state index contributed by atoms with van der Waals surface area (Å²) in [4.78, 5) is 36.2. The lowest BCUT2D eigenvalue weighted by Gasteiger charge is -2.20. The number of amides is 2. The molecule has 0 spiro atoms. The van der Waals surface area contributed by atoms with E-state index in [0.717, 1.165) is 23.5 Å². The molecule has 0 atom stereocenters. The molecule has 0 heterocycles. The number of anilines is 1. The van der Waals surface area contributed by atoms with Gasteiger partial charge < -0.3 is 10.6 Å². The number of carbonyl (C=O) groups excluding carboxylic acids is 2. The van der Waals surface area contributed by atoms with Crippen LogP contribution in [0.25, 0.3) is 0 Å². The Hall–Kier alpha value is -2.87. The summed E-state index contributed by atoms with van der Waals surface area (Å²) in [6.45, 7) is 2.35. The monoisotopic (exact) mass is 359 g/mol. The second-order valence-electron chi connectivity index (χ2n) is 5.07. The average Bonchev–Trinajstić information content (AvgIpc) is 2.61. The number of primary amides is 1. The predicted molar refractivity (Wildman–Crippen MR) is 96.8 cm³/mol. The molecule has 2 aromatic carbocycles. The number of nitrogens with zero attached hydrogens (tertiary/aromatic N) is 2. The Balaban J connectivity index is 2.16. The number of nitro benzene ring substituents is 1. The first-order valence-electron chi connectivity index (χ1n) is 7.50. The van der Waals surface area contributed by atoms with Crippen LogP contribution in [0.4, 0.5) is 11.4 Å². The van der Waals surface area contributed by atoms with Crippen molar-refractivity contribution in [2.24, 2.45) is 5.73 Å². The minimum Gasteiger partial charge on any atom is -0.366 e. The topological polar surface area (TPSA) is 107 Å². The Morgan fingerprint density at radius 1 is 1.20 bits per heavy atom. The third-order valence-electron chi connectivity index (χ3n) is 3.48. The quantitative estimate of drug-likeness (QED) is 0.465. The molecule has 2 amide bonds. The molecule has 0 radical (unpaired) electrons. The summed E-state index contributed by atoms with van der Waals surface area (Å²) in [5.41, 5.74) is 5.74. The number of nitrogens with two attached hydrogens (primary N) is 1. The molecular weight excluding hydrogens is 342 g/mol. The molecule has 0 fully saturated rings. The van der Waals surface area contributed by atoms with Crippen molar-refractivity contribution in [2.75, 3.05) is 17.2 Å². The van der Waals surface area contributed by atoms with Crippen LogP contribution < -0.4 is 10.6 Å². The van der Waals surface area contributed by atoms with E-state index in [1.54, 1.807) is 4.90 Å². The fourth-order valence-electron chi connectivity index (χ4n) is 2.26. The zero-order chi connectivity index (χ0) is 18.4. The van der Waals surface area contributed by atoms with Gasteiger partial charge in [0.25, 0.3) is 5.69 Å². The van der Waals surface area contributed by atoms with Gasteiger partial charge in [-0.15, -0.1) is 11.8 Å². The van der Waals surface area contributed by atoms with Gasteiger partial charge in [0.05, 0.1) is 15.6 Å². The van der Waals surface area contributed by atoms with E-state index in [2.05, 4.69) is 0 Å². The van der Waals surface area contributed by atoms with Crippen molar-refractivity contribution < 1.29 is 14.5 Å². The fraction of sp³-hybridized carbons (Fsp3) is 0.176. The van der Waals surface area contributed by atoms with Crippen LogP contribution in [0.1, 0.15) is 17.3 Å². The summed E-state index contributed by atoms with van der Waals surface area (Å²) in [6.07, 6.45) is 0. The number of benzene rings is 2. The van der Waals surface area contributed by atoms with E-state index in [9.17, 15) is 19.7 Å². The van der Waals surface area contributed by atoms with Gasteiger partial charge in [-0.3, -0.25) is 19.7 Å². The Kier molecular flexibility index (Phi) is 6.13. The summed E-state index contributed by atoms with van der Waals surface area (Å²) in [5, 5.41) is 11.2. The Morgan fingerprint density at radius 3 is 2.44 bits per heavy atom. The highest BCUT2D eigenvalue weighted by molar-refractivity contribution is 8.00. The smallest absolute Gasteiger partial charge is 0.283 e. The number of para-hydroxylation sites is 1. The van der Waals surface area contributed by atoms with Gasteiger partial charge in [0, 0.05) is 23.9 Å². The van der Waals surface area contributed by atoms with Crippen LogP contribution in [0, 0.1) is 10.1 Å². The van der Waals surface area contributed by atoms with Crippen LogP contribution in [0.2, 0.25) is 0 Å². The molecule has 0 aromatic heterocycles. The molecule has 130 valence electrons. The van der Waals surface area contributed by atoms with Crippen molar-refractivity contribution in [2.45, 2.75) is 11.8 Å². The molecule has 0 aliphatic rings. The Bertz CT molecular complexity index is 796. The van der Waals surface area contributed by atoms with Crippen LogP contribution in [0.3, 0.4) is 0 Å². The molecule has 0 aliphatic heterocycles. The van der Waals surface area contributed by atoms with Crippen LogP contribution in [0.15, 0.2) is 53.4 Å². The minimum absolute atomic E-state index is 0.0412. The standard InChI is InChI=1S/C17H17N3O4S/c1-2-19(13-6-4-3-5-7-13)16(21)11-25-15-9-8-12(17(18)22)10-14(15)20(23)24/h3-10H,2,11H2,1H3,(H2,18,22). The molecule has 2 rings (SSSR count). The van der Waals surface area contributed by atoms with Crippen molar-refractivity contribution in [3.63, 3.8) is 0 Å². The van der Waals surface area contributed by atoms with Gasteiger partial charge in [-0.2, -0.15) is 0 Å². The molecule has 0 unspecified atom stereocenters. The summed E-state index contributed by atoms with van der Waals surface area (Å²) in [5.74, 6) is -0.858. The first-order chi connectivity index (χ1) is 11.9. The van der Waals surface area contributed by atoms with E-state index < -0.39 is 10.8 Å². The van der Waals surface area contributed by atoms with Crippen LogP contribution in [0.5, 0.6) is 0 Å². The maximum absolute atomic E-state index is 12.5. The minimum atomic E-state index is -0.739. The SMILES string of the molecule is CCN(C(=O)CSc1ccc(C(N)=O)cc1[N+](=O)[O-])c1ccccc1. The third kappa shape index (κ3) is 4.57. The van der Waals surface area contributed by atoms with E-state index in [-0.39, 0.29) is 22.9 Å². The number of hydrogen-bond acceptors (Lipinski definition) is 5. The lowest BCUT2D eigenvalue weighted by Crippen LogP contribution is -2.32. The zero-order valence-electron chi connectivity index (χ0n) is 13.5. The van der Waals surface area contributed by atoms with Gasteiger partial charge in [0.15, 0.2) is 0 Å². The van der Waals surface area contributed by atoms with E-state index in [4.69, 9.17) is 5.73 Å². The van der Waals surface area contributed by atoms with Crippen molar-refractivity contribution in [3.8, 4) is 0 Å². The second kappa shape index (κ2) is 8.29. The molecule has 7 nitrogen and oxygen atoms in total. The van der Waals surface area contributed by atoms with Crippen molar-refractivity contribution in [3.05, 3.63) is 64.2 Å². The van der Waals surface area contributed by atoms with Crippen LogP contribution >= 0.6 is 11.8 Å². The maximum Gasteiger partial charge on any atom is 0.283 e. The normalized spacial score (nSPS) is 10.3. The lowest BCUT2D eigenvalue weighted by atomic mass is 10.2. The lowest BCUT2D eigenvalue weighted by molar-refractivity contribution is -0.387. The van der Waals surface area contributed by atoms with E-state index in [1.165, 1.54) is 12.1 Å². The summed E-state index contributed by atoms with van der Waals surface area (Å²) >= 11 is 1.06. The van der Waals surface area contributed by atoms with Crippen molar-refractivity contribution in [1.29, 1.82) is 0 Å². The highest BCUT2D eigenvalue weighted by atomic mass is 32.2. The molecule has 8 heteroatoms. The number of thioether (sulfide) groups is 1. The van der Waals surface area contributed by atoms with E-state index >= 15 is 0 Å². The highest BCUT2D eigenvalue weighted by Crippen LogP contribution is 2.30. The fourth-order valence-corrected chi connectivity index (χ4v) is 3.14. The number of rotatable bonds is 7. The largest absolute Gasteiger partial charge is 0.366 e. The molecule has 0 bridgehead atoms. The van der Waals surface area contributed by atoms with Crippen LogP contribution in [-0.4, -0.2) is 29.0 Å². The predicted octanol–water partition coefficient (Wildman–Crippen LogP) is 2.84. The molecule has 0 saturated carbocycles. The zero-order valence-corrected chi connectivity index (χ0v) is 14.4. The maximum atomic E-state index is 12.5. The third-order valence-corrected chi connectivity index (χ3v) is 4.52. The molecule has 0 aliphatic carbocycles. The van der Waals surface area contributed by atoms with Crippen LogP contribution in [-0.2, 0) is 4.79 Å². The van der Waals surface area contributed by atoms with E-state index in [0.29, 0.717) is 11.4 Å². The first kappa shape index (κ1) is 18.5. The molecule has 2 N–H and O–H groups in total. The molecular formula is C17H17N3O4S. The van der Waals surface area contributed by atoms with Gasteiger partial charge in [-0.25, -0.2) is 0 Å². The molecule has 0 saturated heterocycles. The highest BCUT2D eigenvalue weighted by Gasteiger charge is 2.20. The summed E-state index contributed by atoms with van der Waals surface area (Å²) in [7, 11) is 0. The van der Waals surface area contributed by atoms with Crippen molar-refractivity contribution >= 4 is 35.0 Å². The van der Waals surface area contributed by atoms with E-state index in [1.807, 2.05) is 37.3 Å². The van der Waals surface area contributed by atoms with Crippen molar-refractivity contribution in [1.82, 2.24) is 0 Å². The Labute approximate surface area is 149 Å². The first-order valence-corrected chi connectivity index (χ1v) is 8.49. The average molecular weight is 359 g/mol. The second-order valence-corrected chi connectivity index (χ2v) is 6.08. The van der Waals surface area contributed by atoms with Gasteiger partial charge in [-0.05, 0) is 31.2 Å². The molecule has 2 aromatic rings. The summed E-state index contributed by atoms with van der Waals surface area (Å²) in [6, 6.07) is 13.2. The number of nitro groups is 1. The number of hydrogen-bond donors (Lipinski definition) is 1.